The molecule has 1 saturated carbocycles. The maximum atomic E-state index is 13.5. The molecule has 2 fully saturated rings. The highest BCUT2D eigenvalue weighted by Crippen LogP contribution is 2.38. The third kappa shape index (κ3) is 8.11. The summed E-state index contributed by atoms with van der Waals surface area (Å²) in [7, 11) is -4.47. The van der Waals surface area contributed by atoms with Gasteiger partial charge >= 0.3 is 0 Å². The zero-order chi connectivity index (χ0) is 31.4. The predicted molar refractivity (Wildman–Crippen MR) is 164 cm³/mol. The van der Waals surface area contributed by atoms with Gasteiger partial charge in [-0.15, -0.1) is 0 Å². The number of nitrogens with zero attached hydrogens (tertiary/aromatic N) is 2. The van der Waals surface area contributed by atoms with Crippen LogP contribution < -0.4 is 15.5 Å². The Morgan fingerprint density at radius 1 is 1.09 bits per heavy atom. The van der Waals surface area contributed by atoms with Gasteiger partial charge in [0.15, 0.2) is 4.90 Å². The van der Waals surface area contributed by atoms with Gasteiger partial charge < -0.3 is 5.32 Å². The number of para-hydroxylation sites is 1. The fourth-order valence-corrected chi connectivity index (χ4v) is 7.54. The maximum Gasteiger partial charge on any atom is 0.292 e. The number of amides is 2. The smallest absolute Gasteiger partial charge is 0.292 e. The Labute approximate surface area is 257 Å². The zero-order valence-corrected chi connectivity index (χ0v) is 26.3. The van der Waals surface area contributed by atoms with Crippen molar-refractivity contribution in [3.63, 3.8) is 0 Å². The van der Waals surface area contributed by atoms with Gasteiger partial charge in [-0.25, -0.2) is 13.4 Å². The second-order valence-corrected chi connectivity index (χ2v) is 14.2. The molecule has 234 valence electrons. The number of aryl methyl sites for hydroxylation is 1. The van der Waals surface area contributed by atoms with Gasteiger partial charge in [0.2, 0.25) is 15.9 Å². The lowest BCUT2D eigenvalue weighted by atomic mass is 9.70. The summed E-state index contributed by atoms with van der Waals surface area (Å²) in [6, 6.07) is 9.19. The molecule has 0 spiro atoms. The summed E-state index contributed by atoms with van der Waals surface area (Å²) in [4.78, 5) is 37.2. The Kier molecular flexibility index (Phi) is 10.5. The molecule has 13 heteroatoms. The number of nitro benzene ring substituents is 1. The van der Waals surface area contributed by atoms with E-state index in [9.17, 15) is 28.1 Å². The van der Waals surface area contributed by atoms with E-state index in [2.05, 4.69) is 15.5 Å². The van der Waals surface area contributed by atoms with Crippen molar-refractivity contribution in [3.8, 4) is 0 Å². The molecule has 0 aromatic heterocycles. The molecule has 2 atom stereocenters. The van der Waals surface area contributed by atoms with E-state index < -0.39 is 42.9 Å². The van der Waals surface area contributed by atoms with Crippen molar-refractivity contribution in [3.05, 3.63) is 68.7 Å². The maximum absolute atomic E-state index is 13.5. The van der Waals surface area contributed by atoms with Gasteiger partial charge in [-0.3, -0.25) is 25.1 Å². The number of sulfonamides is 1. The monoisotopic (exact) mass is 633 g/mol. The number of halogens is 1. The van der Waals surface area contributed by atoms with Crippen molar-refractivity contribution < 1.29 is 22.9 Å². The molecule has 2 aromatic carbocycles. The zero-order valence-electron chi connectivity index (χ0n) is 24.8. The lowest BCUT2D eigenvalue weighted by molar-refractivity contribution is -0.388. The van der Waals surface area contributed by atoms with Crippen molar-refractivity contribution in [1.29, 1.82) is 0 Å². The molecule has 1 aliphatic carbocycles. The van der Waals surface area contributed by atoms with Crippen molar-refractivity contribution in [1.82, 2.24) is 20.5 Å². The van der Waals surface area contributed by atoms with Crippen molar-refractivity contribution in [2.45, 2.75) is 82.7 Å². The Morgan fingerprint density at radius 3 is 2.42 bits per heavy atom. The normalized spacial score (nSPS) is 19.1. The van der Waals surface area contributed by atoms with Crippen molar-refractivity contribution in [2.75, 3.05) is 13.1 Å². The minimum atomic E-state index is -4.47. The summed E-state index contributed by atoms with van der Waals surface area (Å²) in [5, 5.41) is 17.0. The first-order chi connectivity index (χ1) is 20.3. The van der Waals surface area contributed by atoms with Crippen molar-refractivity contribution in [2.24, 2.45) is 11.3 Å². The Bertz CT molecular complexity index is 1440. The van der Waals surface area contributed by atoms with Crippen LogP contribution in [0.3, 0.4) is 0 Å². The second kappa shape index (κ2) is 13.7. The molecule has 2 aliphatic rings. The summed E-state index contributed by atoms with van der Waals surface area (Å²) in [6.45, 7) is 6.28. The average molecular weight is 634 g/mol. The molecule has 1 aliphatic heterocycles. The van der Waals surface area contributed by atoms with E-state index in [1.807, 2.05) is 13.8 Å². The summed E-state index contributed by atoms with van der Waals surface area (Å²) in [5.41, 5.74) is 2.58. The van der Waals surface area contributed by atoms with Gasteiger partial charge in [0, 0.05) is 35.1 Å². The van der Waals surface area contributed by atoms with Gasteiger partial charge in [0.25, 0.3) is 11.6 Å². The van der Waals surface area contributed by atoms with Crippen LogP contribution >= 0.6 is 11.6 Å². The SMILES string of the molecule is Cc1cccc(S(=O)(=O)N[C@H](Cc2ccc(Cl)cc2)C(=O)NN2CC[C@H](NC(=O)C(C)(C)C3CCCCC3)C2)c1[N+](=O)[O-]. The number of hydrazine groups is 1. The van der Waals surface area contributed by atoms with E-state index in [1.165, 1.54) is 25.5 Å². The molecule has 3 N–H and O–H groups in total. The number of rotatable bonds is 11. The highest BCUT2D eigenvalue weighted by atomic mass is 35.5. The first-order valence-electron chi connectivity index (χ1n) is 14.6. The predicted octanol–water partition coefficient (Wildman–Crippen LogP) is 4.27. The number of nitrogens with one attached hydrogen (secondary N) is 3. The topological polar surface area (TPSA) is 151 Å². The molecule has 4 rings (SSSR count). The average Bonchev–Trinajstić information content (AvgIpc) is 3.40. The fraction of sp³-hybridized carbons (Fsp3) is 0.533. The standard InChI is InChI=1S/C30H40ClN5O6S/c1-20-8-7-11-26(27(20)36(39)40)43(41,42)34-25(18-21-12-14-23(31)15-13-21)28(37)33-35-17-16-24(19-35)32-29(38)30(2,3)22-9-5-4-6-10-22/h7-8,11-15,22,24-25,34H,4-6,9-10,16-19H2,1-3H3,(H,32,38)(H,33,37)/t24-,25+/m0/s1. The molecule has 0 unspecified atom stereocenters. The summed E-state index contributed by atoms with van der Waals surface area (Å²) < 4.78 is 29.2. The minimum absolute atomic E-state index is 0.00528. The molecular weight excluding hydrogens is 594 g/mol. The number of hydrogen-bond acceptors (Lipinski definition) is 7. The summed E-state index contributed by atoms with van der Waals surface area (Å²) >= 11 is 6.00. The molecule has 11 nitrogen and oxygen atoms in total. The van der Waals surface area contributed by atoms with E-state index in [4.69, 9.17) is 11.6 Å². The Morgan fingerprint density at radius 2 is 1.77 bits per heavy atom. The first-order valence-corrected chi connectivity index (χ1v) is 16.5. The van der Waals surface area contributed by atoms with Crippen LogP contribution in [0.5, 0.6) is 0 Å². The number of carbonyl (C=O) groups is 2. The van der Waals surface area contributed by atoms with Crippen LogP contribution in [0.1, 0.15) is 63.5 Å². The van der Waals surface area contributed by atoms with Crippen LogP contribution in [0.25, 0.3) is 0 Å². The molecule has 2 amide bonds. The lowest BCUT2D eigenvalue weighted by Crippen LogP contribution is -2.53. The van der Waals surface area contributed by atoms with Crippen molar-refractivity contribution >= 4 is 39.1 Å². The molecule has 0 bridgehead atoms. The molecule has 2 aromatic rings. The number of benzene rings is 2. The van der Waals surface area contributed by atoms with Crippen LogP contribution in [0.15, 0.2) is 47.4 Å². The number of nitro groups is 1. The Hall–Kier alpha value is -3.06. The highest BCUT2D eigenvalue weighted by molar-refractivity contribution is 7.89. The van der Waals surface area contributed by atoms with Gasteiger partial charge in [0.05, 0.1) is 4.92 Å². The third-order valence-corrected chi connectivity index (χ3v) is 10.4. The first kappa shape index (κ1) is 32.8. The summed E-state index contributed by atoms with van der Waals surface area (Å²) in [5.74, 6) is -0.279. The minimum Gasteiger partial charge on any atom is -0.351 e. The van der Waals surface area contributed by atoms with Gasteiger partial charge in [-0.05, 0) is 62.3 Å². The van der Waals surface area contributed by atoms with Crippen LogP contribution in [0.2, 0.25) is 5.02 Å². The van der Waals surface area contributed by atoms with E-state index in [0.29, 0.717) is 36.0 Å². The second-order valence-electron chi connectivity index (χ2n) is 12.1. The van der Waals surface area contributed by atoms with Crippen LogP contribution in [-0.4, -0.2) is 55.3 Å². The quantitative estimate of drug-likeness (QED) is 0.247. The van der Waals surface area contributed by atoms with E-state index in [0.717, 1.165) is 31.7 Å². The van der Waals surface area contributed by atoms with Gasteiger partial charge in [-0.2, -0.15) is 4.72 Å². The largest absolute Gasteiger partial charge is 0.351 e. The third-order valence-electron chi connectivity index (χ3n) is 8.64. The Balaban J connectivity index is 1.46. The van der Waals surface area contributed by atoms with E-state index >= 15 is 0 Å². The number of carbonyl (C=O) groups excluding carboxylic acids is 2. The van der Waals surface area contributed by atoms with Gasteiger partial charge in [0.1, 0.15) is 6.04 Å². The van der Waals surface area contributed by atoms with E-state index in [-0.39, 0.29) is 23.9 Å². The van der Waals surface area contributed by atoms with Crippen LogP contribution in [-0.2, 0) is 26.0 Å². The van der Waals surface area contributed by atoms with Gasteiger partial charge in [-0.1, -0.05) is 69.0 Å². The van der Waals surface area contributed by atoms with Crippen LogP contribution in [0.4, 0.5) is 5.69 Å². The lowest BCUT2D eigenvalue weighted by Gasteiger charge is -2.36. The summed E-state index contributed by atoms with van der Waals surface area (Å²) in [6.07, 6.45) is 6.18. The molecule has 1 saturated heterocycles. The van der Waals surface area contributed by atoms with E-state index in [1.54, 1.807) is 29.3 Å². The molecule has 43 heavy (non-hydrogen) atoms. The molecule has 1 heterocycles. The molecule has 0 radical (unpaired) electrons. The fourth-order valence-electron chi connectivity index (χ4n) is 5.97. The molecular formula is C30H40ClN5O6S. The highest BCUT2D eigenvalue weighted by Gasteiger charge is 2.39. The van der Waals surface area contributed by atoms with Crippen LogP contribution in [0, 0.1) is 28.4 Å². The number of hydrogen-bond donors (Lipinski definition) is 3.